The fourth-order valence-corrected chi connectivity index (χ4v) is 0.779. The zero-order chi connectivity index (χ0) is 11.1. The van der Waals surface area contributed by atoms with Gasteiger partial charge in [-0.25, -0.2) is 0 Å². The minimum absolute atomic E-state index is 0. The van der Waals surface area contributed by atoms with Gasteiger partial charge >= 0.3 is 0 Å². The number of aliphatic hydroxyl groups is 1. The van der Waals surface area contributed by atoms with Crippen molar-refractivity contribution in [3.8, 4) is 0 Å². The maximum absolute atomic E-state index is 9.05. The zero-order valence-electron chi connectivity index (χ0n) is 8.99. The molecule has 0 aliphatic carbocycles. The van der Waals surface area contributed by atoms with Crippen LogP contribution in [0.2, 0.25) is 0 Å². The summed E-state index contributed by atoms with van der Waals surface area (Å²) in [5, 5.41) is 17.9. The van der Waals surface area contributed by atoms with Crippen LogP contribution in [-0.4, -0.2) is 55.2 Å². The van der Waals surface area contributed by atoms with Crippen molar-refractivity contribution in [3.63, 3.8) is 0 Å². The molecule has 0 heterocycles. The molecule has 0 aromatic carbocycles. The maximum Gasteiger partial charge on any atom is 0.116 e. The van der Waals surface area contributed by atoms with E-state index >= 15 is 0 Å². The number of aliphatic hydroxyl groups excluding tert-OH is 1. The SMILES string of the molecule is CC(=O)[O-].C[N+](C)(C)CC(O)CCl.Cl. The quantitative estimate of drug-likeness (QED) is 0.539. The highest BCUT2D eigenvalue weighted by atomic mass is 35.5. The molecule has 0 aliphatic rings. The second kappa shape index (κ2) is 9.52. The van der Waals surface area contributed by atoms with E-state index in [4.69, 9.17) is 26.6 Å². The molecule has 1 N–H and O–H groups in total. The third-order valence-electron chi connectivity index (χ3n) is 0.937. The number of nitrogens with zero attached hydrogens (tertiary/aromatic N) is 1. The van der Waals surface area contributed by atoms with Gasteiger partial charge in [-0.2, -0.15) is 0 Å². The van der Waals surface area contributed by atoms with E-state index in [-0.39, 0.29) is 18.5 Å². The van der Waals surface area contributed by atoms with Crippen LogP contribution in [0.25, 0.3) is 0 Å². The highest BCUT2D eigenvalue weighted by Gasteiger charge is 2.13. The lowest BCUT2D eigenvalue weighted by atomic mass is 10.3. The molecular formula is C8H19Cl2NO3. The Morgan fingerprint density at radius 2 is 1.79 bits per heavy atom. The second-order valence-electron chi connectivity index (χ2n) is 3.77. The number of aliphatic carboxylic acids is 1. The molecule has 6 heteroatoms. The smallest absolute Gasteiger partial charge is 0.116 e. The lowest BCUT2D eigenvalue weighted by Crippen LogP contribution is -2.41. The van der Waals surface area contributed by atoms with Crippen LogP contribution in [0, 0.1) is 0 Å². The van der Waals surface area contributed by atoms with Crippen LogP contribution in [0.15, 0.2) is 0 Å². The van der Waals surface area contributed by atoms with Crippen molar-refractivity contribution in [2.75, 3.05) is 33.6 Å². The minimum atomic E-state index is -1.08. The molecule has 0 rings (SSSR count). The van der Waals surface area contributed by atoms with E-state index < -0.39 is 5.97 Å². The number of carboxylic acids is 1. The molecule has 0 saturated carbocycles. The molecule has 1 atom stereocenters. The Kier molecular flexibility index (Phi) is 13.3. The lowest BCUT2D eigenvalue weighted by molar-refractivity contribution is -0.873. The average Bonchev–Trinajstić information content (AvgIpc) is 1.82. The van der Waals surface area contributed by atoms with Crippen LogP contribution in [0.4, 0.5) is 0 Å². The molecule has 0 aromatic heterocycles. The van der Waals surface area contributed by atoms with Gasteiger partial charge in [0.2, 0.25) is 0 Å². The Hall–Kier alpha value is -0.0300. The number of rotatable bonds is 3. The third-order valence-corrected chi connectivity index (χ3v) is 1.29. The Bertz CT molecular complexity index is 144. The highest BCUT2D eigenvalue weighted by molar-refractivity contribution is 6.18. The summed E-state index contributed by atoms with van der Waals surface area (Å²) in [5.41, 5.74) is 0. The third kappa shape index (κ3) is 29.7. The van der Waals surface area contributed by atoms with Gasteiger partial charge in [-0.1, -0.05) is 0 Å². The monoisotopic (exact) mass is 247 g/mol. The fourth-order valence-electron chi connectivity index (χ4n) is 0.681. The number of likely N-dealkylation sites (N-methyl/N-ethyl adjacent to an activating group) is 1. The summed E-state index contributed by atoms with van der Waals surface area (Å²) < 4.78 is 0.758. The van der Waals surface area contributed by atoms with E-state index in [0.29, 0.717) is 12.4 Å². The first-order valence-corrected chi connectivity index (χ1v) is 4.44. The predicted octanol–water partition coefficient (Wildman–Crippen LogP) is -0.530. The number of hydrogen-bond acceptors (Lipinski definition) is 3. The number of quaternary nitrogens is 1. The predicted molar refractivity (Wildman–Crippen MR) is 57.6 cm³/mol. The number of halogens is 2. The van der Waals surface area contributed by atoms with E-state index in [1.54, 1.807) is 0 Å². The molecule has 4 nitrogen and oxygen atoms in total. The molecule has 0 aromatic rings. The van der Waals surface area contributed by atoms with Gasteiger partial charge in [-0.15, -0.1) is 24.0 Å². The van der Waals surface area contributed by atoms with Crippen LogP contribution in [0.1, 0.15) is 6.92 Å². The summed E-state index contributed by atoms with van der Waals surface area (Å²) in [6.07, 6.45) is -0.369. The summed E-state index contributed by atoms with van der Waals surface area (Å²) in [5.74, 6) is -0.754. The van der Waals surface area contributed by atoms with E-state index in [9.17, 15) is 0 Å². The molecule has 14 heavy (non-hydrogen) atoms. The van der Waals surface area contributed by atoms with Gasteiger partial charge < -0.3 is 19.5 Å². The largest absolute Gasteiger partial charge is 0.550 e. The summed E-state index contributed by atoms with van der Waals surface area (Å²) in [7, 11) is 6.07. The first kappa shape index (κ1) is 19.5. The van der Waals surface area contributed by atoms with Crippen LogP contribution in [0.3, 0.4) is 0 Å². The summed E-state index contributed by atoms with van der Waals surface area (Å²) in [6.45, 7) is 1.68. The van der Waals surface area contributed by atoms with E-state index in [1.165, 1.54) is 0 Å². The van der Waals surface area contributed by atoms with Gasteiger partial charge in [-0.05, 0) is 6.92 Å². The Balaban J connectivity index is -0.000000209. The molecule has 0 aliphatic heterocycles. The number of alkyl halides is 1. The Morgan fingerprint density at radius 3 is 1.86 bits per heavy atom. The summed E-state index contributed by atoms with van der Waals surface area (Å²) >= 11 is 5.40. The van der Waals surface area contributed by atoms with Crippen LogP contribution < -0.4 is 5.11 Å². The number of carbonyl (C=O) groups is 1. The molecule has 0 radical (unpaired) electrons. The first-order valence-electron chi connectivity index (χ1n) is 3.91. The zero-order valence-corrected chi connectivity index (χ0v) is 10.6. The van der Waals surface area contributed by atoms with Crippen LogP contribution in [0.5, 0.6) is 0 Å². The number of carbonyl (C=O) groups excluding carboxylic acids is 1. The second-order valence-corrected chi connectivity index (χ2v) is 4.08. The molecule has 0 fully saturated rings. The van der Waals surface area contributed by atoms with E-state index in [2.05, 4.69) is 0 Å². The van der Waals surface area contributed by atoms with Gasteiger partial charge in [0.15, 0.2) is 0 Å². The Labute approximate surface area is 96.5 Å². The van der Waals surface area contributed by atoms with Crippen molar-refractivity contribution in [3.05, 3.63) is 0 Å². The molecule has 0 bridgehead atoms. The van der Waals surface area contributed by atoms with Crippen molar-refractivity contribution in [1.82, 2.24) is 0 Å². The van der Waals surface area contributed by atoms with Gasteiger partial charge in [0.05, 0.1) is 27.0 Å². The summed E-state index contributed by atoms with van der Waals surface area (Å²) in [4.78, 5) is 8.89. The highest BCUT2D eigenvalue weighted by Crippen LogP contribution is 1.95. The normalized spacial score (nSPS) is 11.9. The van der Waals surface area contributed by atoms with Gasteiger partial charge in [0.1, 0.15) is 12.6 Å². The van der Waals surface area contributed by atoms with Gasteiger partial charge in [0, 0.05) is 5.97 Å². The lowest BCUT2D eigenvalue weighted by Gasteiger charge is -2.25. The van der Waals surface area contributed by atoms with Crippen molar-refractivity contribution >= 4 is 30.0 Å². The fraction of sp³-hybridized carbons (Fsp3) is 0.875. The molecule has 0 amide bonds. The average molecular weight is 248 g/mol. The van der Waals surface area contributed by atoms with Crippen molar-refractivity contribution in [2.24, 2.45) is 0 Å². The molecule has 0 saturated heterocycles. The topological polar surface area (TPSA) is 60.4 Å². The van der Waals surface area contributed by atoms with Crippen LogP contribution in [-0.2, 0) is 4.79 Å². The minimum Gasteiger partial charge on any atom is -0.550 e. The van der Waals surface area contributed by atoms with E-state index in [0.717, 1.165) is 11.4 Å². The number of hydrogen-bond donors (Lipinski definition) is 1. The van der Waals surface area contributed by atoms with Gasteiger partial charge in [0.25, 0.3) is 0 Å². The van der Waals surface area contributed by atoms with E-state index in [1.807, 2.05) is 21.1 Å². The van der Waals surface area contributed by atoms with Crippen molar-refractivity contribution < 1.29 is 19.5 Å². The molecule has 0 spiro atoms. The molecule has 1 unspecified atom stereocenters. The standard InChI is InChI=1S/C6H15ClNO.C2H4O2.ClH/c1-8(2,3)5-6(9)4-7;1-2(3)4;/h6,9H,4-5H2,1-3H3;1H3,(H,3,4);1H/q+1;;/p-1. The Morgan fingerprint density at radius 1 is 1.50 bits per heavy atom. The van der Waals surface area contributed by atoms with Gasteiger partial charge in [-0.3, -0.25) is 0 Å². The first-order chi connectivity index (χ1) is 5.69. The maximum atomic E-state index is 9.05. The molecule has 88 valence electrons. The van der Waals surface area contributed by atoms with Crippen LogP contribution >= 0.6 is 24.0 Å². The summed E-state index contributed by atoms with van der Waals surface area (Å²) in [6, 6.07) is 0. The number of carboxylic acid groups (broad SMARTS) is 1. The molecular weight excluding hydrogens is 229 g/mol. The van der Waals surface area contributed by atoms with Crippen molar-refractivity contribution in [2.45, 2.75) is 13.0 Å². The van der Waals surface area contributed by atoms with Crippen molar-refractivity contribution in [1.29, 1.82) is 0 Å².